The van der Waals surface area contributed by atoms with Crippen molar-refractivity contribution in [3.8, 4) is 22.1 Å². The van der Waals surface area contributed by atoms with Crippen molar-refractivity contribution in [3.63, 3.8) is 0 Å². The van der Waals surface area contributed by atoms with Crippen LogP contribution in [0.4, 0.5) is 5.69 Å². The van der Waals surface area contributed by atoms with E-state index in [9.17, 15) is 9.59 Å². The van der Waals surface area contributed by atoms with Crippen LogP contribution in [0, 0.1) is 0 Å². The number of amides is 1. The zero-order valence-electron chi connectivity index (χ0n) is 16.8. The van der Waals surface area contributed by atoms with Crippen LogP contribution < -0.4 is 14.8 Å². The fraction of sp³-hybridized carbons (Fsp3) is 0.190. The zero-order valence-corrected chi connectivity index (χ0v) is 19.1. The highest BCUT2D eigenvalue weighted by Gasteiger charge is 2.22. The standard InChI is InChI=1S/C21H18Cl2N2O5S/c1-11(19(26)24-15-9-13(22)5-6-14(15)23)30-21(27)16-10-31-20(25-16)12-4-7-17(28-2)18(8-12)29-3/h4-11H,1-3H3,(H,24,26). The van der Waals surface area contributed by atoms with E-state index in [2.05, 4.69) is 10.3 Å². The number of halogens is 2. The minimum atomic E-state index is -1.08. The average molecular weight is 481 g/mol. The van der Waals surface area contributed by atoms with E-state index in [0.717, 1.165) is 5.56 Å². The third-order valence-corrected chi connectivity index (χ3v) is 5.64. The van der Waals surface area contributed by atoms with E-state index < -0.39 is 18.0 Å². The molecule has 1 N–H and O–H groups in total. The van der Waals surface area contributed by atoms with Crippen LogP contribution in [0.3, 0.4) is 0 Å². The smallest absolute Gasteiger partial charge is 0.358 e. The van der Waals surface area contributed by atoms with Crippen LogP contribution in [0.1, 0.15) is 17.4 Å². The summed E-state index contributed by atoms with van der Waals surface area (Å²) in [5.74, 6) is -0.137. The molecule has 2 aromatic carbocycles. The van der Waals surface area contributed by atoms with Crippen LogP contribution in [0.25, 0.3) is 10.6 Å². The van der Waals surface area contributed by atoms with Crippen molar-refractivity contribution in [2.24, 2.45) is 0 Å². The Balaban J connectivity index is 1.68. The van der Waals surface area contributed by atoms with E-state index >= 15 is 0 Å². The molecule has 0 bridgehead atoms. The van der Waals surface area contributed by atoms with Crippen molar-refractivity contribution in [2.45, 2.75) is 13.0 Å². The summed E-state index contributed by atoms with van der Waals surface area (Å²) in [5.41, 5.74) is 1.17. The first-order chi connectivity index (χ1) is 14.8. The van der Waals surface area contributed by atoms with Crippen LogP contribution >= 0.6 is 34.5 Å². The van der Waals surface area contributed by atoms with Crippen LogP contribution in [0.15, 0.2) is 41.8 Å². The number of ether oxygens (including phenoxy) is 3. The largest absolute Gasteiger partial charge is 0.493 e. The van der Waals surface area contributed by atoms with Gasteiger partial charge < -0.3 is 19.5 Å². The number of methoxy groups -OCH3 is 2. The second-order valence-electron chi connectivity index (χ2n) is 6.27. The predicted octanol–water partition coefficient (Wildman–Crippen LogP) is 5.32. The maximum atomic E-state index is 12.5. The molecule has 1 heterocycles. The van der Waals surface area contributed by atoms with E-state index in [1.165, 1.54) is 31.4 Å². The number of esters is 1. The molecule has 0 radical (unpaired) electrons. The summed E-state index contributed by atoms with van der Waals surface area (Å²) in [6.07, 6.45) is -1.08. The van der Waals surface area contributed by atoms with Crippen LogP contribution in [0.5, 0.6) is 11.5 Å². The highest BCUT2D eigenvalue weighted by molar-refractivity contribution is 7.13. The van der Waals surface area contributed by atoms with E-state index in [4.69, 9.17) is 37.4 Å². The second-order valence-corrected chi connectivity index (χ2v) is 7.97. The summed E-state index contributed by atoms with van der Waals surface area (Å²) in [6, 6.07) is 9.98. The normalized spacial score (nSPS) is 11.5. The van der Waals surface area contributed by atoms with Gasteiger partial charge in [-0.25, -0.2) is 9.78 Å². The first-order valence-corrected chi connectivity index (χ1v) is 10.6. The summed E-state index contributed by atoms with van der Waals surface area (Å²) >= 11 is 13.2. The van der Waals surface area contributed by atoms with Crippen LogP contribution in [0.2, 0.25) is 10.0 Å². The van der Waals surface area contributed by atoms with Gasteiger partial charge in [0.1, 0.15) is 5.01 Å². The lowest BCUT2D eigenvalue weighted by atomic mass is 10.2. The highest BCUT2D eigenvalue weighted by Crippen LogP contribution is 2.33. The second kappa shape index (κ2) is 10.00. The van der Waals surface area contributed by atoms with Gasteiger partial charge in [-0.15, -0.1) is 11.3 Å². The number of thiazole rings is 1. The summed E-state index contributed by atoms with van der Waals surface area (Å²) in [4.78, 5) is 29.1. The quantitative estimate of drug-likeness (QED) is 0.460. The van der Waals surface area contributed by atoms with Gasteiger partial charge in [0, 0.05) is 16.0 Å². The van der Waals surface area contributed by atoms with Gasteiger partial charge in [0.15, 0.2) is 23.3 Å². The SMILES string of the molecule is COc1ccc(-c2nc(C(=O)OC(C)C(=O)Nc3cc(Cl)ccc3Cl)cs2)cc1OC. The summed E-state index contributed by atoms with van der Waals surface area (Å²) in [7, 11) is 3.09. The molecule has 0 fully saturated rings. The Hall–Kier alpha value is -2.81. The fourth-order valence-corrected chi connectivity index (χ4v) is 3.69. The fourth-order valence-electron chi connectivity index (χ4n) is 2.57. The number of carbonyl (C=O) groups excluding carboxylic acids is 2. The number of nitrogens with one attached hydrogen (secondary N) is 1. The Bertz CT molecular complexity index is 1120. The lowest BCUT2D eigenvalue weighted by Gasteiger charge is -2.13. The van der Waals surface area contributed by atoms with Crippen molar-refractivity contribution < 1.29 is 23.8 Å². The summed E-state index contributed by atoms with van der Waals surface area (Å²) in [5, 5.41) is 5.47. The molecule has 1 unspecified atom stereocenters. The van der Waals surface area contributed by atoms with Gasteiger partial charge in [0.05, 0.1) is 24.9 Å². The molecule has 1 amide bonds. The third-order valence-electron chi connectivity index (χ3n) is 4.18. The topological polar surface area (TPSA) is 86.8 Å². The Morgan fingerprint density at radius 3 is 2.52 bits per heavy atom. The molecule has 3 rings (SSSR count). The number of nitrogens with zero attached hydrogens (tertiary/aromatic N) is 1. The van der Waals surface area contributed by atoms with Crippen LogP contribution in [-0.4, -0.2) is 37.2 Å². The molecule has 0 spiro atoms. The predicted molar refractivity (Wildman–Crippen MR) is 121 cm³/mol. The van der Waals surface area contributed by atoms with Gasteiger partial charge in [-0.1, -0.05) is 23.2 Å². The van der Waals surface area contributed by atoms with E-state index in [1.54, 1.807) is 42.8 Å². The summed E-state index contributed by atoms with van der Waals surface area (Å²) < 4.78 is 15.8. The first-order valence-electron chi connectivity index (χ1n) is 8.97. The van der Waals surface area contributed by atoms with Gasteiger partial charge in [0.25, 0.3) is 5.91 Å². The van der Waals surface area contributed by atoms with Gasteiger partial charge in [0.2, 0.25) is 0 Å². The molecule has 162 valence electrons. The molecule has 0 saturated heterocycles. The molecular formula is C21H18Cl2N2O5S. The van der Waals surface area contributed by atoms with Crippen molar-refractivity contribution >= 4 is 52.1 Å². The number of anilines is 1. The Morgan fingerprint density at radius 2 is 1.81 bits per heavy atom. The third kappa shape index (κ3) is 5.46. The van der Waals surface area contributed by atoms with Gasteiger partial charge in [-0.2, -0.15) is 0 Å². The van der Waals surface area contributed by atoms with E-state index in [0.29, 0.717) is 32.2 Å². The Kier molecular flexibility index (Phi) is 7.37. The van der Waals surface area contributed by atoms with Gasteiger partial charge in [-0.05, 0) is 43.3 Å². The number of carbonyl (C=O) groups is 2. The molecule has 1 aromatic heterocycles. The lowest BCUT2D eigenvalue weighted by Crippen LogP contribution is -2.30. The maximum absolute atomic E-state index is 12.5. The molecule has 1 atom stereocenters. The number of benzene rings is 2. The van der Waals surface area contributed by atoms with Crippen LogP contribution in [-0.2, 0) is 9.53 Å². The molecule has 0 aliphatic heterocycles. The number of rotatable bonds is 7. The van der Waals surface area contributed by atoms with Crippen molar-refractivity contribution in [2.75, 3.05) is 19.5 Å². The lowest BCUT2D eigenvalue weighted by molar-refractivity contribution is -0.123. The zero-order chi connectivity index (χ0) is 22.5. The highest BCUT2D eigenvalue weighted by atomic mass is 35.5. The molecule has 0 saturated carbocycles. The number of hydrogen-bond acceptors (Lipinski definition) is 7. The maximum Gasteiger partial charge on any atom is 0.358 e. The first kappa shape index (κ1) is 22.9. The minimum absolute atomic E-state index is 0.0928. The molecule has 0 aliphatic rings. The van der Waals surface area contributed by atoms with E-state index in [-0.39, 0.29) is 5.69 Å². The monoisotopic (exact) mass is 480 g/mol. The van der Waals surface area contributed by atoms with Crippen molar-refractivity contribution in [3.05, 3.63) is 57.5 Å². The molecule has 10 heteroatoms. The molecule has 3 aromatic rings. The Morgan fingerprint density at radius 1 is 1.06 bits per heavy atom. The Labute approximate surface area is 192 Å². The average Bonchev–Trinajstić information content (AvgIpc) is 3.26. The molecule has 7 nitrogen and oxygen atoms in total. The molecule has 0 aliphatic carbocycles. The van der Waals surface area contributed by atoms with Gasteiger partial charge in [-0.3, -0.25) is 4.79 Å². The van der Waals surface area contributed by atoms with Crippen molar-refractivity contribution in [1.82, 2.24) is 4.98 Å². The van der Waals surface area contributed by atoms with Crippen molar-refractivity contribution in [1.29, 1.82) is 0 Å². The molecule has 31 heavy (non-hydrogen) atoms. The molecular weight excluding hydrogens is 463 g/mol. The van der Waals surface area contributed by atoms with E-state index in [1.807, 2.05) is 0 Å². The summed E-state index contributed by atoms with van der Waals surface area (Å²) in [6.45, 7) is 1.45. The van der Waals surface area contributed by atoms with Gasteiger partial charge >= 0.3 is 5.97 Å². The number of hydrogen-bond donors (Lipinski definition) is 1. The minimum Gasteiger partial charge on any atom is -0.493 e. The number of aromatic nitrogens is 1.